The summed E-state index contributed by atoms with van der Waals surface area (Å²) in [6.45, 7) is 3.29. The number of aliphatic hydroxyl groups excluding tert-OH is 1. The molecule has 1 atom stereocenters. The van der Waals surface area contributed by atoms with Crippen molar-refractivity contribution >= 4 is 28.7 Å². The summed E-state index contributed by atoms with van der Waals surface area (Å²) in [5.41, 5.74) is -0.410. The van der Waals surface area contributed by atoms with Crippen molar-refractivity contribution in [3.63, 3.8) is 0 Å². The molecule has 1 unspecified atom stereocenters. The van der Waals surface area contributed by atoms with E-state index in [0.29, 0.717) is 4.88 Å². The second-order valence-electron chi connectivity index (χ2n) is 5.97. The Hall–Kier alpha value is -2.54. The molecule has 0 radical (unpaired) electrons. The maximum atomic E-state index is 14.3. The highest BCUT2D eigenvalue weighted by atomic mass is 32.1. The van der Waals surface area contributed by atoms with Crippen LogP contribution in [0.25, 0.3) is 0 Å². The molecule has 1 aromatic heterocycles. The van der Waals surface area contributed by atoms with Gasteiger partial charge in [0.1, 0.15) is 17.7 Å². The minimum Gasteiger partial charge on any atom is -0.503 e. The summed E-state index contributed by atoms with van der Waals surface area (Å²) in [4.78, 5) is 26.7. The molecule has 0 saturated carbocycles. The van der Waals surface area contributed by atoms with Crippen LogP contribution >= 0.6 is 11.3 Å². The molecule has 2 aromatic rings. The van der Waals surface area contributed by atoms with E-state index in [1.165, 1.54) is 11.3 Å². The fourth-order valence-electron chi connectivity index (χ4n) is 2.80. The normalized spacial score (nSPS) is 17.7. The van der Waals surface area contributed by atoms with Crippen molar-refractivity contribution in [1.82, 2.24) is 0 Å². The van der Waals surface area contributed by atoms with E-state index < -0.39 is 41.0 Å². The van der Waals surface area contributed by atoms with Gasteiger partial charge in [0.05, 0.1) is 11.3 Å². The molecule has 4 nitrogen and oxygen atoms in total. The van der Waals surface area contributed by atoms with Gasteiger partial charge < -0.3 is 5.11 Å². The highest BCUT2D eigenvalue weighted by Crippen LogP contribution is 2.44. The summed E-state index contributed by atoms with van der Waals surface area (Å²) in [5.74, 6) is -4.07. The summed E-state index contributed by atoms with van der Waals surface area (Å²) < 4.78 is 27.9. The number of rotatable bonds is 4. The topological polar surface area (TPSA) is 57.6 Å². The fourth-order valence-corrected chi connectivity index (χ4v) is 3.63. The number of aliphatic hydroxyl groups is 1. The zero-order valence-corrected chi connectivity index (χ0v) is 14.3. The van der Waals surface area contributed by atoms with E-state index in [4.69, 9.17) is 0 Å². The summed E-state index contributed by atoms with van der Waals surface area (Å²) in [6, 6.07) is 5.13. The zero-order chi connectivity index (χ0) is 18.3. The molecule has 1 amide bonds. The minimum absolute atomic E-state index is 0.0916. The smallest absolute Gasteiger partial charge is 0.294 e. The van der Waals surface area contributed by atoms with Gasteiger partial charge in [-0.1, -0.05) is 19.9 Å². The summed E-state index contributed by atoms with van der Waals surface area (Å²) in [6.07, 6.45) is 0. The highest BCUT2D eigenvalue weighted by molar-refractivity contribution is 7.10. The lowest BCUT2D eigenvalue weighted by atomic mass is 9.94. The summed E-state index contributed by atoms with van der Waals surface area (Å²) in [5, 5.41) is 12.0. The molecular formula is C18H15F2NO3S. The first-order chi connectivity index (χ1) is 11.8. The van der Waals surface area contributed by atoms with E-state index in [0.717, 1.165) is 23.1 Å². The Kier molecular flexibility index (Phi) is 4.43. The lowest BCUT2D eigenvalue weighted by Crippen LogP contribution is -2.31. The first-order valence-corrected chi connectivity index (χ1v) is 8.50. The zero-order valence-electron chi connectivity index (χ0n) is 13.5. The van der Waals surface area contributed by atoms with Crippen LogP contribution in [-0.4, -0.2) is 16.8 Å². The van der Waals surface area contributed by atoms with Crippen molar-refractivity contribution in [2.24, 2.45) is 5.92 Å². The Morgan fingerprint density at radius 3 is 2.60 bits per heavy atom. The molecule has 130 valence electrons. The van der Waals surface area contributed by atoms with E-state index in [1.807, 2.05) is 0 Å². The van der Waals surface area contributed by atoms with Gasteiger partial charge in [0.2, 0.25) is 0 Å². The summed E-state index contributed by atoms with van der Waals surface area (Å²) >= 11 is 1.26. The molecule has 1 N–H and O–H groups in total. The predicted octanol–water partition coefficient (Wildman–Crippen LogP) is 4.15. The molecule has 1 aliphatic rings. The monoisotopic (exact) mass is 363 g/mol. The number of ketones is 1. The van der Waals surface area contributed by atoms with Gasteiger partial charge in [-0.05, 0) is 23.6 Å². The van der Waals surface area contributed by atoms with Gasteiger partial charge in [0.15, 0.2) is 11.5 Å². The first-order valence-electron chi connectivity index (χ1n) is 7.62. The number of carbonyl (C=O) groups excluding carboxylic acids is 2. The second kappa shape index (κ2) is 6.40. The van der Waals surface area contributed by atoms with Crippen molar-refractivity contribution < 1.29 is 23.5 Å². The Balaban J connectivity index is 2.21. The van der Waals surface area contributed by atoms with E-state index in [1.54, 1.807) is 31.4 Å². The van der Waals surface area contributed by atoms with E-state index in [9.17, 15) is 23.5 Å². The van der Waals surface area contributed by atoms with Crippen molar-refractivity contribution in [2.75, 3.05) is 4.90 Å². The third-order valence-corrected chi connectivity index (χ3v) is 4.90. The van der Waals surface area contributed by atoms with Gasteiger partial charge in [-0.2, -0.15) is 0 Å². The van der Waals surface area contributed by atoms with Crippen LogP contribution in [0.15, 0.2) is 47.0 Å². The van der Waals surface area contributed by atoms with Crippen LogP contribution in [0.3, 0.4) is 0 Å². The van der Waals surface area contributed by atoms with Crippen LogP contribution in [0.1, 0.15) is 24.8 Å². The molecule has 0 spiro atoms. The van der Waals surface area contributed by atoms with Crippen LogP contribution in [0, 0.1) is 17.6 Å². The third kappa shape index (κ3) is 2.84. The molecular weight excluding hydrogens is 348 g/mol. The van der Waals surface area contributed by atoms with Gasteiger partial charge in [-0.3, -0.25) is 14.5 Å². The molecule has 0 saturated heterocycles. The van der Waals surface area contributed by atoms with Crippen LogP contribution in [0.2, 0.25) is 0 Å². The van der Waals surface area contributed by atoms with Crippen molar-refractivity contribution in [3.8, 4) is 0 Å². The van der Waals surface area contributed by atoms with Gasteiger partial charge in [-0.15, -0.1) is 11.3 Å². The number of hydrogen-bond donors (Lipinski definition) is 1. The molecule has 3 rings (SSSR count). The fraction of sp³-hybridized carbons (Fsp3) is 0.222. The molecule has 0 bridgehead atoms. The van der Waals surface area contributed by atoms with Crippen LogP contribution in [0.4, 0.5) is 14.5 Å². The Labute approximate surface area is 147 Å². The largest absolute Gasteiger partial charge is 0.503 e. The lowest BCUT2D eigenvalue weighted by Gasteiger charge is -2.26. The number of amides is 1. The molecule has 1 aliphatic heterocycles. The predicted molar refractivity (Wildman–Crippen MR) is 90.4 cm³/mol. The van der Waals surface area contributed by atoms with E-state index in [2.05, 4.69) is 0 Å². The van der Waals surface area contributed by atoms with Gasteiger partial charge in [0.25, 0.3) is 5.91 Å². The van der Waals surface area contributed by atoms with Gasteiger partial charge >= 0.3 is 0 Å². The van der Waals surface area contributed by atoms with Crippen molar-refractivity contribution in [2.45, 2.75) is 19.9 Å². The maximum absolute atomic E-state index is 14.3. The number of halogens is 2. The Bertz CT molecular complexity index is 874. The average Bonchev–Trinajstić information content (AvgIpc) is 3.17. The average molecular weight is 363 g/mol. The number of thiophene rings is 1. The molecule has 7 heteroatoms. The third-order valence-electron chi connectivity index (χ3n) is 3.98. The molecule has 2 heterocycles. The number of benzene rings is 1. The number of nitrogens with zero attached hydrogens (tertiary/aromatic N) is 1. The Morgan fingerprint density at radius 1 is 1.28 bits per heavy atom. The van der Waals surface area contributed by atoms with Gasteiger partial charge in [0, 0.05) is 16.9 Å². The number of anilines is 1. The molecule has 0 fully saturated rings. The standard InChI is InChI=1S/C18H15F2NO3S/c1-9(2)16(22)14-15(13-4-3-7-25-13)21(18(24)17(14)23)12-8-10(19)5-6-11(12)20/h3-9,15,23H,1-2H3. The van der Waals surface area contributed by atoms with Crippen LogP contribution in [0.5, 0.6) is 0 Å². The van der Waals surface area contributed by atoms with Crippen molar-refractivity contribution in [1.29, 1.82) is 0 Å². The number of Topliss-reactive ketones (excluding diaryl/α,β-unsaturated/α-hetero) is 1. The number of carbonyl (C=O) groups is 2. The summed E-state index contributed by atoms with van der Waals surface area (Å²) in [7, 11) is 0. The van der Waals surface area contributed by atoms with Crippen molar-refractivity contribution in [3.05, 3.63) is 63.6 Å². The highest BCUT2D eigenvalue weighted by Gasteiger charge is 2.46. The van der Waals surface area contributed by atoms with Crippen LogP contribution < -0.4 is 4.90 Å². The minimum atomic E-state index is -0.987. The lowest BCUT2D eigenvalue weighted by molar-refractivity contribution is -0.119. The first kappa shape index (κ1) is 17.3. The number of hydrogen-bond acceptors (Lipinski definition) is 4. The SMILES string of the molecule is CC(C)C(=O)C1=C(O)C(=O)N(c2cc(F)ccc2F)C1c1cccs1. The van der Waals surface area contributed by atoms with E-state index in [-0.39, 0.29) is 11.3 Å². The van der Waals surface area contributed by atoms with Gasteiger partial charge in [-0.25, -0.2) is 8.78 Å². The molecule has 25 heavy (non-hydrogen) atoms. The second-order valence-corrected chi connectivity index (χ2v) is 6.95. The quantitative estimate of drug-likeness (QED) is 0.888. The maximum Gasteiger partial charge on any atom is 0.294 e. The van der Waals surface area contributed by atoms with E-state index >= 15 is 0 Å². The van der Waals surface area contributed by atoms with Crippen LogP contribution in [-0.2, 0) is 9.59 Å². The Morgan fingerprint density at radius 2 is 2.00 bits per heavy atom. The molecule has 1 aromatic carbocycles. The molecule has 0 aliphatic carbocycles.